The number of nitrogens with zero attached hydrogens (tertiary/aromatic N) is 1. The summed E-state index contributed by atoms with van der Waals surface area (Å²) in [5, 5.41) is 18.3. The number of aliphatic hydroxyl groups excluding tert-OH is 1. The Morgan fingerprint density at radius 3 is 2.63 bits per heavy atom. The molecule has 0 amide bonds. The summed E-state index contributed by atoms with van der Waals surface area (Å²) in [6.07, 6.45) is -0.418. The van der Waals surface area contributed by atoms with Crippen LogP contribution in [-0.4, -0.2) is 38.9 Å². The molecule has 0 bridgehead atoms. The Labute approximate surface area is 111 Å². The number of hydrogen-bond donors (Lipinski definition) is 2. The second-order valence-corrected chi connectivity index (χ2v) is 6.01. The molecule has 0 aliphatic carbocycles. The number of rotatable bonds is 3. The first-order valence-electron chi connectivity index (χ1n) is 5.81. The highest BCUT2D eigenvalue weighted by Gasteiger charge is 2.28. The van der Waals surface area contributed by atoms with E-state index in [0.29, 0.717) is 18.6 Å². The fraction of sp³-hybridized carbons (Fsp3) is 0.417. The van der Waals surface area contributed by atoms with Gasteiger partial charge in [-0.1, -0.05) is 0 Å². The number of benzene rings is 1. The molecule has 0 aromatic heterocycles. The van der Waals surface area contributed by atoms with Crippen LogP contribution in [0.5, 0.6) is 0 Å². The maximum Gasteiger partial charge on any atom is 0.240 e. The van der Waals surface area contributed by atoms with Crippen LogP contribution in [0.4, 0.5) is 0 Å². The van der Waals surface area contributed by atoms with Crippen molar-refractivity contribution in [3.63, 3.8) is 0 Å². The maximum atomic E-state index is 12.1. The van der Waals surface area contributed by atoms with Crippen LogP contribution in [0.1, 0.15) is 12.0 Å². The third-order valence-electron chi connectivity index (χ3n) is 2.93. The van der Waals surface area contributed by atoms with Gasteiger partial charge in [0.25, 0.3) is 0 Å². The molecule has 1 aliphatic rings. The van der Waals surface area contributed by atoms with Crippen LogP contribution in [0.3, 0.4) is 0 Å². The van der Waals surface area contributed by atoms with E-state index < -0.39 is 22.2 Å². The molecule has 19 heavy (non-hydrogen) atoms. The standard InChI is InChI=1S/C12H14N2O4S/c13-7-9-1-3-10(4-2-9)19(16,17)14-11-5-6-18-8-12(11)15/h1-4,11-12,14-15H,5-6,8H2/t11-,12-/m1/s1. The van der Waals surface area contributed by atoms with Crippen molar-refractivity contribution < 1.29 is 18.3 Å². The molecule has 1 aliphatic heterocycles. The molecule has 1 aromatic carbocycles. The van der Waals surface area contributed by atoms with Crippen LogP contribution in [0.15, 0.2) is 29.2 Å². The summed E-state index contributed by atoms with van der Waals surface area (Å²) in [4.78, 5) is 0.0743. The summed E-state index contributed by atoms with van der Waals surface area (Å²) >= 11 is 0. The van der Waals surface area contributed by atoms with E-state index in [2.05, 4.69) is 4.72 Å². The molecule has 1 aromatic rings. The number of sulfonamides is 1. The number of hydrogen-bond acceptors (Lipinski definition) is 5. The van der Waals surface area contributed by atoms with Crippen LogP contribution >= 0.6 is 0 Å². The largest absolute Gasteiger partial charge is 0.389 e. The molecule has 2 rings (SSSR count). The van der Waals surface area contributed by atoms with Gasteiger partial charge in [0, 0.05) is 6.61 Å². The van der Waals surface area contributed by atoms with E-state index in [1.165, 1.54) is 24.3 Å². The quantitative estimate of drug-likeness (QED) is 0.812. The minimum Gasteiger partial charge on any atom is -0.389 e. The molecular formula is C12H14N2O4S. The summed E-state index contributed by atoms with van der Waals surface area (Å²) in [6, 6.07) is 6.99. The van der Waals surface area contributed by atoms with Crippen molar-refractivity contribution in [1.82, 2.24) is 4.72 Å². The molecule has 1 saturated heterocycles. The SMILES string of the molecule is N#Cc1ccc(S(=O)(=O)N[C@@H]2CCOC[C@H]2O)cc1. The van der Waals surface area contributed by atoms with E-state index in [1.54, 1.807) is 0 Å². The lowest BCUT2D eigenvalue weighted by Gasteiger charge is -2.28. The van der Waals surface area contributed by atoms with Crippen molar-refractivity contribution in [1.29, 1.82) is 5.26 Å². The lowest BCUT2D eigenvalue weighted by Crippen LogP contribution is -2.48. The molecule has 6 nitrogen and oxygen atoms in total. The van der Waals surface area contributed by atoms with Crippen LogP contribution in [-0.2, 0) is 14.8 Å². The Bertz CT molecular complexity index is 577. The van der Waals surface area contributed by atoms with Crippen molar-refractivity contribution in [3.05, 3.63) is 29.8 Å². The smallest absolute Gasteiger partial charge is 0.240 e. The monoisotopic (exact) mass is 282 g/mol. The van der Waals surface area contributed by atoms with E-state index in [9.17, 15) is 13.5 Å². The third-order valence-corrected chi connectivity index (χ3v) is 4.43. The van der Waals surface area contributed by atoms with E-state index in [4.69, 9.17) is 10.00 Å². The lowest BCUT2D eigenvalue weighted by molar-refractivity contribution is -0.0222. The normalized spacial score (nSPS) is 23.8. The van der Waals surface area contributed by atoms with Gasteiger partial charge in [-0.25, -0.2) is 13.1 Å². The van der Waals surface area contributed by atoms with Crippen molar-refractivity contribution in [2.75, 3.05) is 13.2 Å². The van der Waals surface area contributed by atoms with Crippen molar-refractivity contribution >= 4 is 10.0 Å². The van der Waals surface area contributed by atoms with Gasteiger partial charge in [0.05, 0.1) is 35.3 Å². The Hall–Kier alpha value is -1.46. The van der Waals surface area contributed by atoms with Gasteiger partial charge in [0.1, 0.15) is 0 Å². The van der Waals surface area contributed by atoms with E-state index in [0.717, 1.165) is 0 Å². The zero-order valence-electron chi connectivity index (χ0n) is 10.1. The van der Waals surface area contributed by atoms with Gasteiger partial charge in [-0.3, -0.25) is 0 Å². The second kappa shape index (κ2) is 5.67. The van der Waals surface area contributed by atoms with Crippen LogP contribution in [0.25, 0.3) is 0 Å². The molecule has 1 heterocycles. The predicted molar refractivity (Wildman–Crippen MR) is 66.7 cm³/mol. The Balaban J connectivity index is 2.15. The Kier molecular flexibility index (Phi) is 4.17. The first-order valence-corrected chi connectivity index (χ1v) is 7.29. The number of nitriles is 1. The second-order valence-electron chi connectivity index (χ2n) is 4.29. The van der Waals surface area contributed by atoms with Gasteiger partial charge >= 0.3 is 0 Å². The minimum atomic E-state index is -3.69. The molecular weight excluding hydrogens is 268 g/mol. The first-order chi connectivity index (χ1) is 9.03. The van der Waals surface area contributed by atoms with Gasteiger partial charge in [-0.2, -0.15) is 5.26 Å². The highest BCUT2D eigenvalue weighted by molar-refractivity contribution is 7.89. The Morgan fingerprint density at radius 2 is 2.05 bits per heavy atom. The van der Waals surface area contributed by atoms with Crippen LogP contribution in [0, 0.1) is 11.3 Å². The van der Waals surface area contributed by atoms with E-state index in [1.807, 2.05) is 6.07 Å². The fourth-order valence-electron chi connectivity index (χ4n) is 1.84. The topological polar surface area (TPSA) is 99.4 Å². The maximum absolute atomic E-state index is 12.1. The summed E-state index contributed by atoms with van der Waals surface area (Å²) in [6.45, 7) is 0.540. The average Bonchev–Trinajstić information content (AvgIpc) is 2.41. The zero-order valence-corrected chi connectivity index (χ0v) is 10.9. The highest BCUT2D eigenvalue weighted by atomic mass is 32.2. The molecule has 7 heteroatoms. The van der Waals surface area contributed by atoms with E-state index >= 15 is 0 Å². The van der Waals surface area contributed by atoms with Gasteiger partial charge in [0.15, 0.2) is 0 Å². The van der Waals surface area contributed by atoms with Gasteiger partial charge in [-0.15, -0.1) is 0 Å². The highest BCUT2D eigenvalue weighted by Crippen LogP contribution is 2.14. The van der Waals surface area contributed by atoms with Crippen LogP contribution < -0.4 is 4.72 Å². The first kappa shape index (κ1) is 14.0. The van der Waals surface area contributed by atoms with Crippen molar-refractivity contribution in [2.45, 2.75) is 23.5 Å². The Morgan fingerprint density at radius 1 is 1.37 bits per heavy atom. The van der Waals surface area contributed by atoms with E-state index in [-0.39, 0.29) is 11.5 Å². The lowest BCUT2D eigenvalue weighted by atomic mass is 10.1. The van der Waals surface area contributed by atoms with Gasteiger partial charge in [-0.05, 0) is 30.7 Å². The molecule has 0 saturated carbocycles. The number of ether oxygens (including phenoxy) is 1. The minimum absolute atomic E-state index is 0.0743. The van der Waals surface area contributed by atoms with Crippen LogP contribution in [0.2, 0.25) is 0 Å². The molecule has 2 atom stereocenters. The van der Waals surface area contributed by atoms with Crippen molar-refractivity contribution in [2.24, 2.45) is 0 Å². The molecule has 0 unspecified atom stereocenters. The number of aliphatic hydroxyl groups is 1. The van der Waals surface area contributed by atoms with Gasteiger partial charge < -0.3 is 9.84 Å². The number of nitrogens with one attached hydrogen (secondary N) is 1. The predicted octanol–water partition coefficient (Wildman–Crippen LogP) is -0.0136. The summed E-state index contributed by atoms with van der Waals surface area (Å²) < 4.78 is 31.7. The summed E-state index contributed by atoms with van der Waals surface area (Å²) in [5.41, 5.74) is 0.394. The molecule has 102 valence electrons. The summed E-state index contributed by atoms with van der Waals surface area (Å²) in [7, 11) is -3.69. The summed E-state index contributed by atoms with van der Waals surface area (Å²) in [5.74, 6) is 0. The molecule has 1 fully saturated rings. The van der Waals surface area contributed by atoms with Crippen molar-refractivity contribution in [3.8, 4) is 6.07 Å². The fourth-order valence-corrected chi connectivity index (χ4v) is 3.14. The zero-order chi connectivity index (χ0) is 13.9. The molecule has 0 radical (unpaired) electrons. The average molecular weight is 282 g/mol. The molecule has 2 N–H and O–H groups in total. The third kappa shape index (κ3) is 3.30. The molecule has 0 spiro atoms. The van der Waals surface area contributed by atoms with Gasteiger partial charge in [0.2, 0.25) is 10.0 Å².